The average molecular weight is 257 g/mol. The summed E-state index contributed by atoms with van der Waals surface area (Å²) in [4.78, 5) is 0. The summed E-state index contributed by atoms with van der Waals surface area (Å²) in [6.45, 7) is 4.50. The fourth-order valence-electron chi connectivity index (χ4n) is 1.12. The van der Waals surface area contributed by atoms with Gasteiger partial charge in [-0.1, -0.05) is 0 Å². The van der Waals surface area contributed by atoms with E-state index in [2.05, 4.69) is 52.1 Å². The van der Waals surface area contributed by atoms with Gasteiger partial charge >= 0.3 is 88.0 Å². The number of benzene rings is 1. The van der Waals surface area contributed by atoms with Crippen LogP contribution in [0.4, 0.5) is 0 Å². The molecule has 0 aliphatic heterocycles. The van der Waals surface area contributed by atoms with Crippen molar-refractivity contribution >= 4 is 4.40 Å². The zero-order chi connectivity index (χ0) is 9.73. The van der Waals surface area contributed by atoms with Crippen molar-refractivity contribution in [3.8, 4) is 0 Å². The predicted octanol–water partition coefficient (Wildman–Crippen LogP) is 2.66. The molecule has 0 aliphatic carbocycles. The van der Waals surface area contributed by atoms with Crippen LogP contribution in [0.15, 0.2) is 33.8 Å². The van der Waals surface area contributed by atoms with E-state index in [1.807, 2.05) is 7.05 Å². The van der Waals surface area contributed by atoms with E-state index >= 15 is 0 Å². The molecule has 0 N–H and O–H groups in total. The van der Waals surface area contributed by atoms with Gasteiger partial charge < -0.3 is 0 Å². The van der Waals surface area contributed by atoms with Crippen molar-refractivity contribution in [2.45, 2.75) is 19.3 Å². The first kappa shape index (κ1) is 10.7. The molecule has 0 aliphatic rings. The third-order valence-corrected chi connectivity index (χ3v) is 4.20. The summed E-state index contributed by atoms with van der Waals surface area (Å²) in [5, 5.41) is 0. The van der Waals surface area contributed by atoms with Gasteiger partial charge in [0.15, 0.2) is 0 Å². The van der Waals surface area contributed by atoms with Crippen molar-refractivity contribution in [1.29, 1.82) is 0 Å². The number of hydrogen-bond acceptors (Lipinski definition) is 1. The van der Waals surface area contributed by atoms with Crippen LogP contribution in [0.2, 0.25) is 0 Å². The summed E-state index contributed by atoms with van der Waals surface area (Å²) in [5.74, 6) is 0. The molecular weight excluding hydrogens is 242 g/mol. The first-order valence-corrected chi connectivity index (χ1v) is 6.37. The van der Waals surface area contributed by atoms with Gasteiger partial charge in [0.05, 0.1) is 0 Å². The van der Waals surface area contributed by atoms with Gasteiger partial charge in [0, 0.05) is 0 Å². The monoisotopic (exact) mass is 259 g/mol. The number of nitrogens with zero attached hydrogens (tertiary/aromatic N) is 1. The van der Waals surface area contributed by atoms with Crippen molar-refractivity contribution in [3.05, 3.63) is 35.9 Å². The molecule has 1 nitrogen and oxygen atoms in total. The summed E-state index contributed by atoms with van der Waals surface area (Å²) >= 11 is -0.253. The van der Waals surface area contributed by atoms with Crippen LogP contribution in [-0.2, 0) is 23.3 Å². The van der Waals surface area contributed by atoms with E-state index in [4.69, 9.17) is 0 Å². The molecule has 1 rings (SSSR count). The normalized spacial score (nSPS) is 10.7. The fraction of sp³-hybridized carbons (Fsp3) is 0.364. The zero-order valence-electron chi connectivity index (χ0n) is 8.32. The summed E-state index contributed by atoms with van der Waals surface area (Å²) in [6, 6.07) is 10.6. The van der Waals surface area contributed by atoms with Crippen LogP contribution >= 0.6 is 0 Å². The Balaban J connectivity index is 3.01. The third kappa shape index (κ3) is 3.08. The van der Waals surface area contributed by atoms with E-state index in [-0.39, 0.29) is 23.3 Å². The predicted molar refractivity (Wildman–Crippen MR) is 53.9 cm³/mol. The van der Waals surface area contributed by atoms with Gasteiger partial charge in [-0.05, 0) is 0 Å². The second kappa shape index (κ2) is 4.71. The SMILES string of the molecule is C[N]=[Mo]=[CH]C(C)(C)c1ccccc1. The molecule has 0 fully saturated rings. The molecule has 0 atom stereocenters. The summed E-state index contributed by atoms with van der Waals surface area (Å²) in [6.07, 6.45) is 0. The minimum absolute atomic E-state index is 0.184. The van der Waals surface area contributed by atoms with Crippen molar-refractivity contribution in [2.75, 3.05) is 7.05 Å². The summed E-state index contributed by atoms with van der Waals surface area (Å²) < 4.78 is 6.59. The van der Waals surface area contributed by atoms with Crippen LogP contribution in [0, 0.1) is 0 Å². The van der Waals surface area contributed by atoms with E-state index in [9.17, 15) is 0 Å². The van der Waals surface area contributed by atoms with Crippen LogP contribution in [-0.4, -0.2) is 11.4 Å². The van der Waals surface area contributed by atoms with Crippen molar-refractivity contribution in [2.24, 2.45) is 3.50 Å². The van der Waals surface area contributed by atoms with Crippen LogP contribution in [0.5, 0.6) is 0 Å². The maximum absolute atomic E-state index is 4.22. The Hall–Kier alpha value is -0.422. The molecule has 0 unspecified atom stereocenters. The molecule has 0 heterocycles. The molecule has 0 bridgehead atoms. The molecule has 0 amide bonds. The van der Waals surface area contributed by atoms with Gasteiger partial charge in [-0.25, -0.2) is 0 Å². The topological polar surface area (TPSA) is 12.4 Å². The Bertz CT molecular complexity index is 321. The zero-order valence-corrected chi connectivity index (χ0v) is 10.3. The van der Waals surface area contributed by atoms with Gasteiger partial charge in [0.1, 0.15) is 0 Å². The van der Waals surface area contributed by atoms with Gasteiger partial charge in [0.2, 0.25) is 0 Å². The van der Waals surface area contributed by atoms with Crippen LogP contribution in [0.25, 0.3) is 0 Å². The Morgan fingerprint density at radius 1 is 1.23 bits per heavy atom. The fourth-order valence-corrected chi connectivity index (χ4v) is 2.36. The molecular formula is C11H15MoN. The van der Waals surface area contributed by atoms with Crippen molar-refractivity contribution < 1.29 is 17.9 Å². The summed E-state index contributed by atoms with van der Waals surface area (Å²) in [5.41, 5.74) is 1.56. The first-order valence-electron chi connectivity index (χ1n) is 4.31. The second-order valence-corrected chi connectivity index (χ2v) is 5.49. The van der Waals surface area contributed by atoms with Gasteiger partial charge in [-0.2, -0.15) is 0 Å². The van der Waals surface area contributed by atoms with Crippen LogP contribution in [0.1, 0.15) is 19.4 Å². The Labute approximate surface area is 88.1 Å². The minimum atomic E-state index is -0.253. The number of rotatable bonds is 2. The van der Waals surface area contributed by atoms with Gasteiger partial charge in [0.25, 0.3) is 0 Å². The standard InChI is InChI=1S/C10H12.CH3N.Mo/c1-10(2,3)9-7-5-4-6-8-9;1-2;/h1,4-8H,2-3H3;1H3;. The molecule has 2 heteroatoms. The molecule has 0 aromatic heterocycles. The Morgan fingerprint density at radius 2 is 1.85 bits per heavy atom. The van der Waals surface area contributed by atoms with Crippen LogP contribution < -0.4 is 0 Å². The third-order valence-electron chi connectivity index (χ3n) is 1.97. The average Bonchev–Trinajstić information content (AvgIpc) is 2.16. The van der Waals surface area contributed by atoms with Crippen LogP contribution in [0.3, 0.4) is 0 Å². The van der Waals surface area contributed by atoms with E-state index in [1.165, 1.54) is 5.56 Å². The summed E-state index contributed by atoms with van der Waals surface area (Å²) in [7, 11) is 1.90. The Morgan fingerprint density at radius 3 is 2.38 bits per heavy atom. The van der Waals surface area contributed by atoms with E-state index in [0.29, 0.717) is 0 Å². The van der Waals surface area contributed by atoms with E-state index in [1.54, 1.807) is 0 Å². The van der Waals surface area contributed by atoms with E-state index < -0.39 is 0 Å². The molecule has 13 heavy (non-hydrogen) atoms. The van der Waals surface area contributed by atoms with Gasteiger partial charge in [-0.3, -0.25) is 0 Å². The molecule has 0 spiro atoms. The number of hydrogen-bond donors (Lipinski definition) is 0. The molecule has 1 aromatic carbocycles. The second-order valence-electron chi connectivity index (χ2n) is 3.49. The molecule has 0 saturated heterocycles. The first-order chi connectivity index (χ1) is 6.17. The molecule has 70 valence electrons. The molecule has 0 radical (unpaired) electrons. The van der Waals surface area contributed by atoms with Crippen molar-refractivity contribution in [1.82, 2.24) is 0 Å². The van der Waals surface area contributed by atoms with Gasteiger partial charge in [-0.15, -0.1) is 0 Å². The van der Waals surface area contributed by atoms with E-state index in [0.717, 1.165) is 0 Å². The Kier molecular flexibility index (Phi) is 3.86. The maximum atomic E-state index is 4.22. The quantitative estimate of drug-likeness (QED) is 0.722. The molecule has 0 saturated carbocycles. The van der Waals surface area contributed by atoms with Crippen molar-refractivity contribution in [3.63, 3.8) is 0 Å². The molecule has 1 aromatic rings.